The minimum Gasteiger partial charge on any atom is -0.369 e. The Labute approximate surface area is 143 Å². The molecule has 1 heterocycles. The SMILES string of the molecule is CCCNc1nc(Nc2ccc(Br)c(C)c2)c(Cl)cc1Cl. The first kappa shape index (κ1) is 16.4. The van der Waals surface area contributed by atoms with Crippen LogP contribution in [0.2, 0.25) is 10.0 Å². The van der Waals surface area contributed by atoms with Crippen LogP contribution in [-0.4, -0.2) is 11.5 Å². The summed E-state index contributed by atoms with van der Waals surface area (Å²) in [4.78, 5) is 4.46. The quantitative estimate of drug-likeness (QED) is 0.656. The summed E-state index contributed by atoms with van der Waals surface area (Å²) in [5, 5.41) is 7.42. The Hall–Kier alpha value is -0.970. The van der Waals surface area contributed by atoms with Crippen molar-refractivity contribution in [2.45, 2.75) is 20.3 Å². The normalized spacial score (nSPS) is 10.5. The molecule has 0 saturated carbocycles. The van der Waals surface area contributed by atoms with Crippen molar-refractivity contribution in [1.82, 2.24) is 4.98 Å². The number of hydrogen-bond donors (Lipinski definition) is 2. The third-order valence-electron chi connectivity index (χ3n) is 2.89. The maximum Gasteiger partial charge on any atom is 0.151 e. The van der Waals surface area contributed by atoms with Crippen molar-refractivity contribution in [1.29, 1.82) is 0 Å². The van der Waals surface area contributed by atoms with Gasteiger partial charge in [0.25, 0.3) is 0 Å². The standard InChI is InChI=1S/C15H16BrCl2N3/c1-3-6-19-14-12(17)8-13(18)15(21-14)20-10-4-5-11(16)9(2)7-10/h4-5,7-8H,3,6H2,1-2H3,(H2,19,20,21). The zero-order valence-corrected chi connectivity index (χ0v) is 14.9. The first-order valence-corrected chi connectivity index (χ1v) is 8.19. The summed E-state index contributed by atoms with van der Waals surface area (Å²) in [5.41, 5.74) is 2.06. The number of pyridine rings is 1. The number of hydrogen-bond acceptors (Lipinski definition) is 3. The molecule has 0 unspecified atom stereocenters. The fourth-order valence-electron chi connectivity index (χ4n) is 1.78. The van der Waals surface area contributed by atoms with Gasteiger partial charge in [0.2, 0.25) is 0 Å². The zero-order chi connectivity index (χ0) is 15.4. The second-order valence-corrected chi connectivity index (χ2v) is 6.33. The third-order valence-corrected chi connectivity index (χ3v) is 4.36. The average molecular weight is 389 g/mol. The lowest BCUT2D eigenvalue weighted by Gasteiger charge is -2.13. The van der Waals surface area contributed by atoms with Crippen LogP contribution in [0, 0.1) is 6.92 Å². The Bertz CT molecular complexity index is 647. The van der Waals surface area contributed by atoms with Gasteiger partial charge >= 0.3 is 0 Å². The molecule has 0 aliphatic carbocycles. The summed E-state index contributed by atoms with van der Waals surface area (Å²) in [6.07, 6.45) is 0.995. The maximum atomic E-state index is 6.21. The van der Waals surface area contributed by atoms with Gasteiger partial charge in [0, 0.05) is 16.7 Å². The van der Waals surface area contributed by atoms with Crippen LogP contribution in [-0.2, 0) is 0 Å². The first-order chi connectivity index (χ1) is 10.0. The van der Waals surface area contributed by atoms with Gasteiger partial charge in [-0.05, 0) is 43.2 Å². The number of nitrogens with zero attached hydrogens (tertiary/aromatic N) is 1. The number of anilines is 3. The molecule has 2 rings (SSSR count). The van der Waals surface area contributed by atoms with Gasteiger partial charge in [0.05, 0.1) is 10.0 Å². The fourth-order valence-corrected chi connectivity index (χ4v) is 2.50. The Kier molecular flexibility index (Phi) is 5.73. The molecule has 1 aromatic carbocycles. The molecule has 3 nitrogen and oxygen atoms in total. The molecule has 2 N–H and O–H groups in total. The second-order valence-electron chi connectivity index (χ2n) is 4.66. The monoisotopic (exact) mass is 387 g/mol. The number of aryl methyl sites for hydroxylation is 1. The summed E-state index contributed by atoms with van der Waals surface area (Å²) < 4.78 is 1.06. The highest BCUT2D eigenvalue weighted by Crippen LogP contribution is 2.31. The Morgan fingerprint density at radius 3 is 2.52 bits per heavy atom. The van der Waals surface area contributed by atoms with Crippen molar-refractivity contribution in [3.63, 3.8) is 0 Å². The highest BCUT2D eigenvalue weighted by molar-refractivity contribution is 9.10. The van der Waals surface area contributed by atoms with Crippen LogP contribution >= 0.6 is 39.1 Å². The summed E-state index contributed by atoms with van der Waals surface area (Å²) in [6.45, 7) is 4.92. The second kappa shape index (κ2) is 7.34. The number of halogens is 3. The molecule has 0 saturated heterocycles. The van der Waals surface area contributed by atoms with Gasteiger partial charge in [-0.3, -0.25) is 0 Å². The average Bonchev–Trinajstić information content (AvgIpc) is 2.44. The lowest BCUT2D eigenvalue weighted by atomic mass is 10.2. The van der Waals surface area contributed by atoms with Crippen LogP contribution in [0.5, 0.6) is 0 Å². The van der Waals surface area contributed by atoms with Crippen LogP contribution < -0.4 is 10.6 Å². The van der Waals surface area contributed by atoms with E-state index in [2.05, 4.69) is 38.5 Å². The van der Waals surface area contributed by atoms with Crippen LogP contribution in [0.25, 0.3) is 0 Å². The van der Waals surface area contributed by atoms with Crippen LogP contribution in [0.1, 0.15) is 18.9 Å². The van der Waals surface area contributed by atoms with E-state index in [-0.39, 0.29) is 0 Å². The molecule has 0 aliphatic heterocycles. The van der Waals surface area contributed by atoms with Crippen molar-refractivity contribution in [3.8, 4) is 0 Å². The molecule has 0 fully saturated rings. The maximum absolute atomic E-state index is 6.21. The van der Waals surface area contributed by atoms with Crippen LogP contribution in [0.4, 0.5) is 17.3 Å². The largest absolute Gasteiger partial charge is 0.369 e. The molecule has 2 aromatic rings. The fraction of sp³-hybridized carbons (Fsp3) is 0.267. The molecule has 0 aliphatic rings. The van der Waals surface area contributed by atoms with Crippen molar-refractivity contribution in [2.24, 2.45) is 0 Å². The van der Waals surface area contributed by atoms with E-state index in [0.29, 0.717) is 21.7 Å². The van der Waals surface area contributed by atoms with E-state index in [4.69, 9.17) is 23.2 Å². The van der Waals surface area contributed by atoms with E-state index in [0.717, 1.165) is 28.7 Å². The molecule has 0 spiro atoms. The van der Waals surface area contributed by atoms with E-state index < -0.39 is 0 Å². The predicted molar refractivity (Wildman–Crippen MR) is 95.2 cm³/mol. The van der Waals surface area contributed by atoms with Crippen molar-refractivity contribution < 1.29 is 0 Å². The molecule has 112 valence electrons. The third kappa shape index (κ3) is 4.25. The molecular formula is C15H16BrCl2N3. The lowest BCUT2D eigenvalue weighted by Crippen LogP contribution is -2.05. The smallest absolute Gasteiger partial charge is 0.151 e. The van der Waals surface area contributed by atoms with E-state index in [1.807, 2.05) is 25.1 Å². The van der Waals surface area contributed by atoms with Gasteiger partial charge in [-0.25, -0.2) is 4.98 Å². The highest BCUT2D eigenvalue weighted by Gasteiger charge is 2.09. The van der Waals surface area contributed by atoms with Gasteiger partial charge in [-0.15, -0.1) is 0 Å². The van der Waals surface area contributed by atoms with Gasteiger partial charge in [-0.2, -0.15) is 0 Å². The number of aromatic nitrogens is 1. The Morgan fingerprint density at radius 2 is 1.86 bits per heavy atom. The van der Waals surface area contributed by atoms with Crippen molar-refractivity contribution in [2.75, 3.05) is 17.2 Å². The summed E-state index contributed by atoms with van der Waals surface area (Å²) in [6, 6.07) is 7.67. The topological polar surface area (TPSA) is 37.0 Å². The summed E-state index contributed by atoms with van der Waals surface area (Å²) >= 11 is 15.8. The van der Waals surface area contributed by atoms with E-state index in [1.54, 1.807) is 6.07 Å². The highest BCUT2D eigenvalue weighted by atomic mass is 79.9. The molecule has 0 radical (unpaired) electrons. The predicted octanol–water partition coefficient (Wildman–Crippen LogP) is 6.02. The van der Waals surface area contributed by atoms with E-state index in [1.165, 1.54) is 0 Å². The zero-order valence-electron chi connectivity index (χ0n) is 11.8. The molecule has 0 atom stereocenters. The summed E-state index contributed by atoms with van der Waals surface area (Å²) in [7, 11) is 0. The van der Waals surface area contributed by atoms with Crippen molar-refractivity contribution >= 4 is 56.5 Å². The molecule has 0 bridgehead atoms. The Balaban J connectivity index is 2.28. The number of rotatable bonds is 5. The molecule has 1 aromatic heterocycles. The van der Waals surface area contributed by atoms with Gasteiger partial charge in [-0.1, -0.05) is 46.1 Å². The van der Waals surface area contributed by atoms with E-state index in [9.17, 15) is 0 Å². The van der Waals surface area contributed by atoms with Crippen LogP contribution in [0.3, 0.4) is 0 Å². The molecule has 21 heavy (non-hydrogen) atoms. The van der Waals surface area contributed by atoms with Gasteiger partial charge < -0.3 is 10.6 Å². The first-order valence-electron chi connectivity index (χ1n) is 6.64. The summed E-state index contributed by atoms with van der Waals surface area (Å²) in [5.74, 6) is 1.22. The Morgan fingerprint density at radius 1 is 1.14 bits per heavy atom. The number of nitrogens with one attached hydrogen (secondary N) is 2. The van der Waals surface area contributed by atoms with Gasteiger partial charge in [0.15, 0.2) is 5.82 Å². The van der Waals surface area contributed by atoms with Gasteiger partial charge in [0.1, 0.15) is 5.82 Å². The van der Waals surface area contributed by atoms with Crippen LogP contribution in [0.15, 0.2) is 28.7 Å². The van der Waals surface area contributed by atoms with Crippen molar-refractivity contribution in [3.05, 3.63) is 44.3 Å². The molecule has 6 heteroatoms. The number of benzene rings is 1. The molecular weight excluding hydrogens is 373 g/mol. The lowest BCUT2D eigenvalue weighted by molar-refractivity contribution is 0.970. The van der Waals surface area contributed by atoms with E-state index >= 15 is 0 Å². The minimum absolute atomic E-state index is 0.489. The molecule has 0 amide bonds. The minimum atomic E-state index is 0.489.